The first-order chi connectivity index (χ1) is 6.13. The number of nitrogens with zero attached hydrogens (tertiary/aromatic N) is 1. The van der Waals surface area contributed by atoms with E-state index < -0.39 is 0 Å². The second-order valence-corrected chi connectivity index (χ2v) is 3.57. The quantitative estimate of drug-likeness (QED) is 0.652. The summed E-state index contributed by atoms with van der Waals surface area (Å²) < 4.78 is 0. The Morgan fingerprint density at radius 1 is 1.77 bits per heavy atom. The molecule has 0 spiro atoms. The van der Waals surface area contributed by atoms with Gasteiger partial charge in [0.15, 0.2) is 5.13 Å². The van der Waals surface area contributed by atoms with Crippen molar-refractivity contribution in [3.63, 3.8) is 0 Å². The number of amides is 1. The van der Waals surface area contributed by atoms with Gasteiger partial charge in [-0.1, -0.05) is 11.3 Å². The second-order valence-electron chi connectivity index (χ2n) is 2.48. The van der Waals surface area contributed by atoms with E-state index in [1.165, 1.54) is 18.3 Å². The molecular weight excluding hydrogens is 190 g/mol. The minimum atomic E-state index is -0.177. The normalized spacial score (nSPS) is 10.0. The molecule has 0 bridgehead atoms. The Morgan fingerprint density at radius 2 is 2.46 bits per heavy atom. The number of aliphatic hydroxyl groups excluding tert-OH is 1. The molecule has 72 valence electrons. The van der Waals surface area contributed by atoms with Crippen LogP contribution in [0, 0.1) is 0 Å². The molecule has 0 aliphatic rings. The highest BCUT2D eigenvalue weighted by atomic mass is 32.1. The number of carbonyl (C=O) groups excluding carboxylic acids is 1. The molecule has 0 aliphatic carbocycles. The van der Waals surface area contributed by atoms with E-state index >= 15 is 0 Å². The van der Waals surface area contributed by atoms with Gasteiger partial charge in [-0.3, -0.25) is 4.79 Å². The first kappa shape index (κ1) is 9.94. The summed E-state index contributed by atoms with van der Waals surface area (Å²) in [6.45, 7) is 1.44. The summed E-state index contributed by atoms with van der Waals surface area (Å²) in [4.78, 5) is 15.4. The zero-order valence-electron chi connectivity index (χ0n) is 7.20. The fraction of sp³-hybridized carbons (Fsp3) is 0.429. The summed E-state index contributed by atoms with van der Waals surface area (Å²) in [5, 5.41) is 11.7. The third kappa shape index (κ3) is 2.67. The largest absolute Gasteiger partial charge is 0.396 e. The number of nitrogens with two attached hydrogens (primary N) is 1. The molecule has 4 N–H and O–H groups in total. The Morgan fingerprint density at radius 3 is 3.00 bits per heavy atom. The Kier molecular flexibility index (Phi) is 3.21. The molecular formula is C7H11N3O2S. The van der Waals surface area contributed by atoms with Crippen LogP contribution in [-0.2, 0) is 11.2 Å². The highest BCUT2D eigenvalue weighted by molar-refractivity contribution is 7.16. The maximum absolute atomic E-state index is 10.7. The second kappa shape index (κ2) is 4.20. The first-order valence-corrected chi connectivity index (χ1v) is 4.58. The molecule has 5 nitrogen and oxygen atoms in total. The average molecular weight is 201 g/mol. The minimum Gasteiger partial charge on any atom is -0.396 e. The highest BCUT2D eigenvalue weighted by Gasteiger charge is 2.08. The fourth-order valence-corrected chi connectivity index (χ4v) is 1.76. The molecule has 0 atom stereocenters. The molecule has 1 rings (SSSR count). The summed E-state index contributed by atoms with van der Waals surface area (Å²) in [5.74, 6) is 0.201. The van der Waals surface area contributed by atoms with E-state index in [4.69, 9.17) is 10.8 Å². The van der Waals surface area contributed by atoms with E-state index in [2.05, 4.69) is 10.3 Å². The highest BCUT2D eigenvalue weighted by Crippen LogP contribution is 2.24. The van der Waals surface area contributed by atoms with Crippen molar-refractivity contribution in [3.8, 4) is 0 Å². The lowest BCUT2D eigenvalue weighted by molar-refractivity contribution is -0.114. The zero-order chi connectivity index (χ0) is 9.84. The number of anilines is 2. The van der Waals surface area contributed by atoms with Gasteiger partial charge in [0, 0.05) is 20.0 Å². The van der Waals surface area contributed by atoms with Gasteiger partial charge in [0.25, 0.3) is 0 Å². The molecule has 1 aromatic heterocycles. The van der Waals surface area contributed by atoms with E-state index in [0.29, 0.717) is 17.4 Å². The summed E-state index contributed by atoms with van der Waals surface area (Å²) in [6, 6.07) is 0. The number of rotatable bonds is 3. The van der Waals surface area contributed by atoms with Crippen LogP contribution in [0.15, 0.2) is 0 Å². The molecule has 0 saturated carbocycles. The SMILES string of the molecule is CC(=O)Nc1nc(N)c(CCO)s1. The van der Waals surface area contributed by atoms with Crippen molar-refractivity contribution in [2.75, 3.05) is 17.7 Å². The lowest BCUT2D eigenvalue weighted by Crippen LogP contribution is -2.05. The van der Waals surface area contributed by atoms with Crippen LogP contribution in [0.1, 0.15) is 11.8 Å². The van der Waals surface area contributed by atoms with Gasteiger partial charge in [-0.05, 0) is 0 Å². The topological polar surface area (TPSA) is 88.2 Å². The van der Waals surface area contributed by atoms with Crippen molar-refractivity contribution in [3.05, 3.63) is 4.88 Å². The molecule has 13 heavy (non-hydrogen) atoms. The molecule has 1 amide bonds. The number of thiazole rings is 1. The van der Waals surface area contributed by atoms with Crippen molar-refractivity contribution in [1.29, 1.82) is 0 Å². The predicted molar refractivity (Wildman–Crippen MR) is 51.6 cm³/mol. The average Bonchev–Trinajstić information content (AvgIpc) is 2.31. The van der Waals surface area contributed by atoms with Gasteiger partial charge in [-0.2, -0.15) is 0 Å². The van der Waals surface area contributed by atoms with Crippen LogP contribution in [0.2, 0.25) is 0 Å². The van der Waals surface area contributed by atoms with Crippen molar-refractivity contribution in [1.82, 2.24) is 4.98 Å². The Labute approximate surface area is 79.6 Å². The van der Waals surface area contributed by atoms with Crippen molar-refractivity contribution in [2.45, 2.75) is 13.3 Å². The lowest BCUT2D eigenvalue weighted by Gasteiger charge is -1.92. The fourth-order valence-electron chi connectivity index (χ4n) is 0.848. The van der Waals surface area contributed by atoms with Gasteiger partial charge in [0.05, 0.1) is 4.88 Å². The first-order valence-electron chi connectivity index (χ1n) is 3.77. The molecule has 0 aliphatic heterocycles. The Bertz CT molecular complexity index is 311. The van der Waals surface area contributed by atoms with Crippen molar-refractivity contribution >= 4 is 28.2 Å². The summed E-state index contributed by atoms with van der Waals surface area (Å²) >= 11 is 1.28. The Hall–Kier alpha value is -1.14. The smallest absolute Gasteiger partial charge is 0.223 e. The van der Waals surface area contributed by atoms with Gasteiger partial charge in [-0.25, -0.2) is 4.98 Å². The molecule has 6 heteroatoms. The molecule has 0 saturated heterocycles. The van der Waals surface area contributed by atoms with Crippen LogP contribution in [-0.4, -0.2) is 22.6 Å². The van der Waals surface area contributed by atoms with E-state index in [9.17, 15) is 4.79 Å². The van der Waals surface area contributed by atoms with Gasteiger partial charge < -0.3 is 16.2 Å². The van der Waals surface area contributed by atoms with Gasteiger partial charge in [0.2, 0.25) is 5.91 Å². The van der Waals surface area contributed by atoms with Crippen molar-refractivity contribution in [2.24, 2.45) is 0 Å². The Balaban J connectivity index is 2.76. The molecule has 0 unspecified atom stereocenters. The van der Waals surface area contributed by atoms with E-state index in [-0.39, 0.29) is 12.5 Å². The number of nitrogen functional groups attached to an aromatic ring is 1. The minimum absolute atomic E-state index is 0.0336. The molecule has 1 heterocycles. The van der Waals surface area contributed by atoms with Crippen LogP contribution in [0.25, 0.3) is 0 Å². The summed E-state index contributed by atoms with van der Waals surface area (Å²) in [7, 11) is 0. The molecule has 0 aromatic carbocycles. The summed E-state index contributed by atoms with van der Waals surface area (Å²) in [5.41, 5.74) is 5.54. The van der Waals surface area contributed by atoms with E-state index in [0.717, 1.165) is 4.88 Å². The maximum Gasteiger partial charge on any atom is 0.223 e. The number of carbonyl (C=O) groups is 1. The predicted octanol–water partition coefficient (Wildman–Crippen LogP) is 0.218. The standard InChI is InChI=1S/C7H11N3O2S/c1-4(12)9-7-10-6(8)5(13-7)2-3-11/h11H,2-3,8H2,1H3,(H,9,10,12). The van der Waals surface area contributed by atoms with E-state index in [1.807, 2.05) is 0 Å². The van der Waals surface area contributed by atoms with Crippen LogP contribution >= 0.6 is 11.3 Å². The molecule has 0 radical (unpaired) electrons. The van der Waals surface area contributed by atoms with Crippen LogP contribution in [0.3, 0.4) is 0 Å². The zero-order valence-corrected chi connectivity index (χ0v) is 8.02. The molecule has 1 aromatic rings. The van der Waals surface area contributed by atoms with Crippen molar-refractivity contribution < 1.29 is 9.90 Å². The number of aromatic nitrogens is 1. The third-order valence-electron chi connectivity index (χ3n) is 1.35. The van der Waals surface area contributed by atoms with Crippen LogP contribution in [0.5, 0.6) is 0 Å². The van der Waals surface area contributed by atoms with Crippen LogP contribution in [0.4, 0.5) is 10.9 Å². The summed E-state index contributed by atoms with van der Waals surface area (Å²) in [6.07, 6.45) is 0.475. The molecule has 0 fully saturated rings. The third-order valence-corrected chi connectivity index (χ3v) is 2.40. The van der Waals surface area contributed by atoms with Crippen LogP contribution < -0.4 is 11.1 Å². The number of hydrogen-bond donors (Lipinski definition) is 3. The number of hydrogen-bond acceptors (Lipinski definition) is 5. The number of aliphatic hydroxyl groups is 1. The monoisotopic (exact) mass is 201 g/mol. The lowest BCUT2D eigenvalue weighted by atomic mass is 10.4. The van der Waals surface area contributed by atoms with Gasteiger partial charge in [0.1, 0.15) is 5.82 Å². The number of nitrogens with one attached hydrogen (secondary N) is 1. The van der Waals surface area contributed by atoms with Gasteiger partial charge >= 0.3 is 0 Å². The van der Waals surface area contributed by atoms with E-state index in [1.54, 1.807) is 0 Å². The van der Waals surface area contributed by atoms with Gasteiger partial charge in [-0.15, -0.1) is 0 Å². The maximum atomic E-state index is 10.7.